The molecule has 1 atom stereocenters. The highest BCUT2D eigenvalue weighted by atomic mass is 35.5. The zero-order valence-corrected chi connectivity index (χ0v) is 15.2. The molecular weight excluding hydrogens is 368 g/mol. The van der Waals surface area contributed by atoms with Gasteiger partial charge in [-0.05, 0) is 29.8 Å². The molecule has 27 heavy (non-hydrogen) atoms. The van der Waals surface area contributed by atoms with Gasteiger partial charge in [0.05, 0.1) is 24.3 Å². The quantitative estimate of drug-likeness (QED) is 0.680. The summed E-state index contributed by atoms with van der Waals surface area (Å²) in [5.74, 6) is 0.114. The highest BCUT2D eigenvalue weighted by molar-refractivity contribution is 6.30. The van der Waals surface area contributed by atoms with Crippen LogP contribution in [0, 0.1) is 0 Å². The van der Waals surface area contributed by atoms with Crippen LogP contribution >= 0.6 is 11.6 Å². The number of benzene rings is 1. The summed E-state index contributed by atoms with van der Waals surface area (Å²) in [7, 11) is 0. The minimum absolute atomic E-state index is 0.0754. The van der Waals surface area contributed by atoms with E-state index in [1.807, 2.05) is 0 Å². The van der Waals surface area contributed by atoms with Crippen molar-refractivity contribution in [3.8, 4) is 5.82 Å². The standard InChI is InChI=1S/C18H17ClN6O2/c1-12(26)23-16(13-2-4-14(19)5-3-13)8-18(27)24-15-6-7-17(21-9-15)25-11-20-10-22-25/h2-7,9-11,16H,8H2,1H3,(H,23,26)(H,24,27). The smallest absolute Gasteiger partial charge is 0.226 e. The number of amides is 2. The summed E-state index contributed by atoms with van der Waals surface area (Å²) >= 11 is 5.90. The summed E-state index contributed by atoms with van der Waals surface area (Å²) in [5.41, 5.74) is 1.34. The second-order valence-corrected chi connectivity index (χ2v) is 6.24. The molecule has 2 N–H and O–H groups in total. The topological polar surface area (TPSA) is 102 Å². The Kier molecular flexibility index (Phi) is 5.77. The third kappa shape index (κ3) is 5.11. The van der Waals surface area contributed by atoms with Crippen LogP contribution in [0.2, 0.25) is 5.02 Å². The fraction of sp³-hybridized carbons (Fsp3) is 0.167. The van der Waals surface area contributed by atoms with Crippen LogP contribution in [0.3, 0.4) is 0 Å². The predicted octanol–water partition coefficient (Wildman–Crippen LogP) is 2.52. The molecular formula is C18H17ClN6O2. The van der Waals surface area contributed by atoms with Gasteiger partial charge in [0.1, 0.15) is 12.7 Å². The van der Waals surface area contributed by atoms with Crippen molar-refractivity contribution in [3.63, 3.8) is 0 Å². The van der Waals surface area contributed by atoms with Crippen molar-refractivity contribution in [3.05, 3.63) is 65.8 Å². The Hall–Kier alpha value is -3.26. The number of nitrogens with one attached hydrogen (secondary N) is 2. The van der Waals surface area contributed by atoms with Crippen LogP contribution in [0.1, 0.15) is 24.9 Å². The van der Waals surface area contributed by atoms with E-state index in [-0.39, 0.29) is 18.2 Å². The largest absolute Gasteiger partial charge is 0.349 e. The second-order valence-electron chi connectivity index (χ2n) is 5.80. The van der Waals surface area contributed by atoms with Crippen LogP contribution in [-0.4, -0.2) is 31.6 Å². The Morgan fingerprint density at radius 3 is 2.56 bits per heavy atom. The molecule has 138 valence electrons. The molecule has 2 amide bonds. The first-order valence-electron chi connectivity index (χ1n) is 8.15. The number of hydrogen-bond donors (Lipinski definition) is 2. The molecule has 8 nitrogen and oxygen atoms in total. The van der Waals surface area contributed by atoms with Gasteiger partial charge in [0.15, 0.2) is 5.82 Å². The van der Waals surface area contributed by atoms with Gasteiger partial charge in [-0.25, -0.2) is 14.6 Å². The normalized spacial score (nSPS) is 11.6. The van der Waals surface area contributed by atoms with Crippen LogP contribution in [0.4, 0.5) is 5.69 Å². The first-order chi connectivity index (χ1) is 13.0. The summed E-state index contributed by atoms with van der Waals surface area (Å²) in [5, 5.41) is 10.1. The molecule has 3 rings (SSSR count). The summed E-state index contributed by atoms with van der Waals surface area (Å²) in [4.78, 5) is 32.0. The van der Waals surface area contributed by atoms with Gasteiger partial charge in [-0.2, -0.15) is 5.10 Å². The average Bonchev–Trinajstić information content (AvgIpc) is 3.17. The number of carbonyl (C=O) groups is 2. The van der Waals surface area contributed by atoms with E-state index in [0.29, 0.717) is 16.5 Å². The highest BCUT2D eigenvalue weighted by Gasteiger charge is 2.17. The monoisotopic (exact) mass is 384 g/mol. The molecule has 3 aromatic rings. The van der Waals surface area contributed by atoms with Crippen molar-refractivity contribution in [2.45, 2.75) is 19.4 Å². The van der Waals surface area contributed by atoms with Gasteiger partial charge in [0, 0.05) is 11.9 Å². The maximum Gasteiger partial charge on any atom is 0.226 e. The molecule has 0 fully saturated rings. The number of hydrogen-bond acceptors (Lipinski definition) is 5. The number of pyridine rings is 1. The SMILES string of the molecule is CC(=O)NC(CC(=O)Nc1ccc(-n2cncn2)nc1)c1ccc(Cl)cc1. The molecule has 2 aromatic heterocycles. The van der Waals surface area contributed by atoms with E-state index in [1.165, 1.54) is 30.5 Å². The maximum absolute atomic E-state index is 12.4. The molecule has 9 heteroatoms. The molecule has 1 aromatic carbocycles. The number of aromatic nitrogens is 4. The Labute approximate surface area is 160 Å². The molecule has 0 aliphatic heterocycles. The minimum Gasteiger partial charge on any atom is -0.349 e. The van der Waals surface area contributed by atoms with Gasteiger partial charge in [0.25, 0.3) is 0 Å². The van der Waals surface area contributed by atoms with Crippen LogP contribution in [0.25, 0.3) is 5.82 Å². The van der Waals surface area contributed by atoms with Crippen LogP contribution < -0.4 is 10.6 Å². The molecule has 0 saturated carbocycles. The van der Waals surface area contributed by atoms with E-state index in [9.17, 15) is 9.59 Å². The Morgan fingerprint density at radius 1 is 1.19 bits per heavy atom. The van der Waals surface area contributed by atoms with Crippen molar-refractivity contribution in [2.75, 3.05) is 5.32 Å². The van der Waals surface area contributed by atoms with Gasteiger partial charge in [-0.15, -0.1) is 0 Å². The number of halogens is 1. The Balaban J connectivity index is 1.66. The van der Waals surface area contributed by atoms with Gasteiger partial charge in [-0.1, -0.05) is 23.7 Å². The molecule has 2 heterocycles. The molecule has 0 aliphatic carbocycles. The van der Waals surface area contributed by atoms with Crippen LogP contribution in [0.15, 0.2) is 55.2 Å². The third-order valence-electron chi connectivity index (χ3n) is 3.72. The van der Waals surface area contributed by atoms with E-state index in [2.05, 4.69) is 25.7 Å². The number of carbonyl (C=O) groups excluding carboxylic acids is 2. The first-order valence-corrected chi connectivity index (χ1v) is 8.52. The van der Waals surface area contributed by atoms with Crippen molar-refractivity contribution in [2.24, 2.45) is 0 Å². The summed E-state index contributed by atoms with van der Waals surface area (Å²) in [6.07, 6.45) is 4.55. The van der Waals surface area contributed by atoms with Crippen molar-refractivity contribution in [1.82, 2.24) is 25.1 Å². The van der Waals surface area contributed by atoms with E-state index < -0.39 is 6.04 Å². The fourth-order valence-electron chi connectivity index (χ4n) is 2.51. The van der Waals surface area contributed by atoms with Crippen molar-refractivity contribution in [1.29, 1.82) is 0 Å². The molecule has 0 radical (unpaired) electrons. The Morgan fingerprint density at radius 2 is 1.96 bits per heavy atom. The average molecular weight is 385 g/mol. The third-order valence-corrected chi connectivity index (χ3v) is 3.98. The van der Waals surface area contributed by atoms with E-state index in [4.69, 9.17) is 11.6 Å². The number of nitrogens with zero attached hydrogens (tertiary/aromatic N) is 4. The van der Waals surface area contributed by atoms with Gasteiger partial charge < -0.3 is 10.6 Å². The second kappa shape index (κ2) is 8.41. The molecule has 0 spiro atoms. The minimum atomic E-state index is -0.456. The van der Waals surface area contributed by atoms with Crippen molar-refractivity contribution >= 4 is 29.1 Å². The van der Waals surface area contributed by atoms with Crippen LogP contribution in [-0.2, 0) is 9.59 Å². The van der Waals surface area contributed by atoms with E-state index in [0.717, 1.165) is 5.56 Å². The number of anilines is 1. The van der Waals surface area contributed by atoms with Crippen LogP contribution in [0.5, 0.6) is 0 Å². The number of rotatable bonds is 6. The van der Waals surface area contributed by atoms with E-state index >= 15 is 0 Å². The summed E-state index contributed by atoms with van der Waals surface area (Å²) in [6.45, 7) is 1.41. The zero-order chi connectivity index (χ0) is 19.2. The first kappa shape index (κ1) is 18.5. The molecule has 1 unspecified atom stereocenters. The van der Waals surface area contributed by atoms with E-state index in [1.54, 1.807) is 36.4 Å². The van der Waals surface area contributed by atoms with Gasteiger partial charge >= 0.3 is 0 Å². The summed E-state index contributed by atoms with van der Waals surface area (Å²) in [6, 6.07) is 9.98. The maximum atomic E-state index is 12.4. The lowest BCUT2D eigenvalue weighted by molar-refractivity contribution is -0.120. The lowest BCUT2D eigenvalue weighted by Gasteiger charge is -2.18. The molecule has 0 saturated heterocycles. The molecule has 0 aliphatic rings. The van der Waals surface area contributed by atoms with Gasteiger partial charge in [-0.3, -0.25) is 9.59 Å². The zero-order valence-electron chi connectivity index (χ0n) is 14.5. The lowest BCUT2D eigenvalue weighted by atomic mass is 10.0. The highest BCUT2D eigenvalue weighted by Crippen LogP contribution is 2.20. The van der Waals surface area contributed by atoms with Crippen molar-refractivity contribution < 1.29 is 9.59 Å². The summed E-state index contributed by atoms with van der Waals surface area (Å²) < 4.78 is 1.51. The van der Waals surface area contributed by atoms with Gasteiger partial charge in [0.2, 0.25) is 11.8 Å². The predicted molar refractivity (Wildman–Crippen MR) is 100 cm³/mol. The fourth-order valence-corrected chi connectivity index (χ4v) is 2.64. The Bertz CT molecular complexity index is 910. The molecule has 0 bridgehead atoms. The lowest BCUT2D eigenvalue weighted by Crippen LogP contribution is -2.29.